The number of hydrogen-bond donors (Lipinski definition) is 2. The molecule has 22 heavy (non-hydrogen) atoms. The molecule has 0 spiro atoms. The fourth-order valence-corrected chi connectivity index (χ4v) is 2.57. The standard InChI is InChI=1S/C14H9N3O4S/c18-12(9-5-3-7-21-9)17-14-16-10(11(22-14)13(19)20)8-4-1-2-6-15-8/h1-7H,(H,19,20)(H,16,17,18). The van der Waals surface area contributed by atoms with Gasteiger partial charge in [0.2, 0.25) is 0 Å². The summed E-state index contributed by atoms with van der Waals surface area (Å²) in [7, 11) is 0. The van der Waals surface area contributed by atoms with Gasteiger partial charge in [0.25, 0.3) is 5.91 Å². The second-order valence-electron chi connectivity index (χ2n) is 4.15. The molecule has 2 N–H and O–H groups in total. The van der Waals surface area contributed by atoms with Gasteiger partial charge in [-0.15, -0.1) is 0 Å². The Morgan fingerprint density at radius 1 is 1.23 bits per heavy atom. The minimum Gasteiger partial charge on any atom is -0.477 e. The third-order valence-electron chi connectivity index (χ3n) is 2.69. The highest BCUT2D eigenvalue weighted by atomic mass is 32.1. The highest BCUT2D eigenvalue weighted by Crippen LogP contribution is 2.30. The number of rotatable bonds is 4. The molecule has 1 amide bonds. The van der Waals surface area contributed by atoms with Crippen LogP contribution in [0.5, 0.6) is 0 Å². The van der Waals surface area contributed by atoms with Gasteiger partial charge in [0, 0.05) is 6.20 Å². The molecule has 0 bridgehead atoms. The van der Waals surface area contributed by atoms with Crippen molar-refractivity contribution in [1.82, 2.24) is 9.97 Å². The van der Waals surface area contributed by atoms with Gasteiger partial charge in [-0.2, -0.15) is 0 Å². The van der Waals surface area contributed by atoms with Crippen LogP contribution < -0.4 is 5.32 Å². The average molecular weight is 315 g/mol. The van der Waals surface area contributed by atoms with E-state index >= 15 is 0 Å². The van der Waals surface area contributed by atoms with E-state index in [1.807, 2.05) is 0 Å². The van der Waals surface area contributed by atoms with Gasteiger partial charge >= 0.3 is 5.97 Å². The minimum absolute atomic E-state index is 0.00782. The summed E-state index contributed by atoms with van der Waals surface area (Å²) in [6, 6.07) is 8.18. The number of thiazole rings is 1. The Balaban J connectivity index is 1.94. The largest absolute Gasteiger partial charge is 0.477 e. The Morgan fingerprint density at radius 2 is 2.09 bits per heavy atom. The number of carbonyl (C=O) groups is 2. The molecule has 0 aromatic carbocycles. The SMILES string of the molecule is O=C(Nc1nc(-c2ccccn2)c(C(=O)O)s1)c1ccco1. The van der Waals surface area contributed by atoms with Crippen LogP contribution in [0.3, 0.4) is 0 Å². The normalized spacial score (nSPS) is 10.4. The van der Waals surface area contributed by atoms with Crippen LogP contribution in [0.4, 0.5) is 5.13 Å². The summed E-state index contributed by atoms with van der Waals surface area (Å²) >= 11 is 0.864. The Morgan fingerprint density at radius 3 is 2.73 bits per heavy atom. The summed E-state index contributed by atoms with van der Waals surface area (Å²) in [6.07, 6.45) is 2.92. The van der Waals surface area contributed by atoms with Crippen molar-refractivity contribution in [1.29, 1.82) is 0 Å². The van der Waals surface area contributed by atoms with Crippen LogP contribution in [0.2, 0.25) is 0 Å². The van der Waals surface area contributed by atoms with E-state index in [-0.39, 0.29) is 21.5 Å². The second kappa shape index (κ2) is 5.78. The van der Waals surface area contributed by atoms with Crippen molar-refractivity contribution in [2.24, 2.45) is 0 Å². The first-order valence-electron chi connectivity index (χ1n) is 6.15. The maximum atomic E-state index is 11.9. The number of furan rings is 1. The van der Waals surface area contributed by atoms with Crippen molar-refractivity contribution < 1.29 is 19.1 Å². The number of carboxylic acid groups (broad SMARTS) is 1. The smallest absolute Gasteiger partial charge is 0.348 e. The average Bonchev–Trinajstić information content (AvgIpc) is 3.17. The summed E-state index contributed by atoms with van der Waals surface area (Å²) in [5.41, 5.74) is 0.641. The van der Waals surface area contributed by atoms with Gasteiger partial charge in [-0.3, -0.25) is 15.1 Å². The summed E-state index contributed by atoms with van der Waals surface area (Å²) in [5.74, 6) is -1.51. The van der Waals surface area contributed by atoms with Crippen molar-refractivity contribution in [2.75, 3.05) is 5.32 Å². The molecule has 3 aromatic heterocycles. The first kappa shape index (κ1) is 14.0. The highest BCUT2D eigenvalue weighted by Gasteiger charge is 2.21. The van der Waals surface area contributed by atoms with Gasteiger partial charge in [-0.05, 0) is 24.3 Å². The minimum atomic E-state index is -1.13. The molecule has 3 heterocycles. The summed E-state index contributed by atoms with van der Waals surface area (Å²) < 4.78 is 4.97. The van der Waals surface area contributed by atoms with E-state index in [4.69, 9.17) is 4.42 Å². The van der Waals surface area contributed by atoms with E-state index < -0.39 is 11.9 Å². The summed E-state index contributed by atoms with van der Waals surface area (Å²) in [5, 5.41) is 11.9. The number of aromatic nitrogens is 2. The zero-order valence-corrected chi connectivity index (χ0v) is 11.8. The molecule has 0 aliphatic heterocycles. The quantitative estimate of drug-likeness (QED) is 0.767. The number of anilines is 1. The van der Waals surface area contributed by atoms with Gasteiger partial charge in [-0.25, -0.2) is 9.78 Å². The molecule has 0 unspecified atom stereocenters. The van der Waals surface area contributed by atoms with Gasteiger partial charge < -0.3 is 9.52 Å². The Hall–Kier alpha value is -3.00. The van der Waals surface area contributed by atoms with Crippen LogP contribution in [-0.2, 0) is 0 Å². The molecule has 0 atom stereocenters. The van der Waals surface area contributed by atoms with Crippen LogP contribution in [0.1, 0.15) is 20.2 Å². The molecule has 0 saturated carbocycles. The number of hydrogen-bond acceptors (Lipinski definition) is 6. The third kappa shape index (κ3) is 2.72. The van der Waals surface area contributed by atoms with Gasteiger partial charge in [0.05, 0.1) is 12.0 Å². The van der Waals surface area contributed by atoms with Crippen molar-refractivity contribution in [3.8, 4) is 11.4 Å². The highest BCUT2D eigenvalue weighted by molar-refractivity contribution is 7.18. The third-order valence-corrected chi connectivity index (χ3v) is 3.65. The molecule has 0 aliphatic carbocycles. The maximum absolute atomic E-state index is 11.9. The number of carboxylic acids is 1. The molecule has 0 radical (unpaired) electrons. The Kier molecular flexibility index (Phi) is 3.67. The predicted octanol–water partition coefficient (Wildman–Crippen LogP) is 2.75. The number of aromatic carboxylic acids is 1. The lowest BCUT2D eigenvalue weighted by Gasteiger charge is -1.97. The molecule has 110 valence electrons. The van der Waals surface area contributed by atoms with E-state index in [9.17, 15) is 14.7 Å². The van der Waals surface area contributed by atoms with Crippen LogP contribution in [-0.4, -0.2) is 27.0 Å². The zero-order valence-electron chi connectivity index (χ0n) is 11.0. The lowest BCUT2D eigenvalue weighted by Crippen LogP contribution is -2.10. The van der Waals surface area contributed by atoms with Crippen LogP contribution in [0, 0.1) is 0 Å². The first-order valence-corrected chi connectivity index (χ1v) is 6.97. The van der Waals surface area contributed by atoms with Crippen LogP contribution in [0.15, 0.2) is 47.2 Å². The van der Waals surface area contributed by atoms with Gasteiger partial charge in [-0.1, -0.05) is 17.4 Å². The van der Waals surface area contributed by atoms with E-state index in [0.29, 0.717) is 5.69 Å². The molecule has 0 saturated heterocycles. The number of nitrogens with zero attached hydrogens (tertiary/aromatic N) is 2. The van der Waals surface area contributed by atoms with Crippen LogP contribution in [0.25, 0.3) is 11.4 Å². The Bertz CT molecular complexity index is 812. The second-order valence-corrected chi connectivity index (χ2v) is 5.15. The number of pyridine rings is 1. The summed E-state index contributed by atoms with van der Waals surface area (Å²) in [6.45, 7) is 0. The number of amides is 1. The first-order chi connectivity index (χ1) is 10.6. The lowest BCUT2D eigenvalue weighted by molar-refractivity contribution is 0.0702. The fraction of sp³-hybridized carbons (Fsp3) is 0. The zero-order chi connectivity index (χ0) is 15.5. The molecule has 3 rings (SSSR count). The van der Waals surface area contributed by atoms with E-state index in [1.165, 1.54) is 12.3 Å². The van der Waals surface area contributed by atoms with E-state index in [2.05, 4.69) is 15.3 Å². The van der Waals surface area contributed by atoms with Crippen molar-refractivity contribution >= 4 is 28.3 Å². The summed E-state index contributed by atoms with van der Waals surface area (Å²) in [4.78, 5) is 31.5. The van der Waals surface area contributed by atoms with E-state index in [0.717, 1.165) is 11.3 Å². The maximum Gasteiger partial charge on any atom is 0.348 e. The molecular weight excluding hydrogens is 306 g/mol. The molecule has 8 heteroatoms. The molecular formula is C14H9N3O4S. The molecule has 0 fully saturated rings. The molecule has 0 aliphatic rings. The van der Waals surface area contributed by atoms with Crippen LogP contribution >= 0.6 is 11.3 Å². The van der Waals surface area contributed by atoms with E-state index in [1.54, 1.807) is 30.5 Å². The number of carbonyl (C=O) groups excluding carboxylic acids is 1. The van der Waals surface area contributed by atoms with Gasteiger partial charge in [0.1, 0.15) is 10.6 Å². The topological polar surface area (TPSA) is 105 Å². The van der Waals surface area contributed by atoms with Crippen molar-refractivity contribution in [2.45, 2.75) is 0 Å². The molecule has 3 aromatic rings. The van der Waals surface area contributed by atoms with Crippen molar-refractivity contribution in [3.05, 3.63) is 53.4 Å². The van der Waals surface area contributed by atoms with Crippen molar-refractivity contribution in [3.63, 3.8) is 0 Å². The predicted molar refractivity (Wildman–Crippen MR) is 79.0 cm³/mol. The molecule has 7 nitrogen and oxygen atoms in total. The number of nitrogens with one attached hydrogen (secondary N) is 1. The van der Waals surface area contributed by atoms with Gasteiger partial charge in [0.15, 0.2) is 10.9 Å². The fourth-order valence-electron chi connectivity index (χ4n) is 1.76. The Labute approximate surface area is 128 Å². The monoisotopic (exact) mass is 315 g/mol. The lowest BCUT2D eigenvalue weighted by atomic mass is 10.2.